The molecule has 0 aliphatic carbocycles. The molecule has 1 N–H and O–H groups in total. The van der Waals surface area contributed by atoms with E-state index in [1.807, 2.05) is 11.6 Å². The second kappa shape index (κ2) is 5.10. The Balaban J connectivity index is 2.01. The van der Waals surface area contributed by atoms with E-state index in [0.717, 1.165) is 12.4 Å². The molecule has 1 aromatic carbocycles. The third kappa shape index (κ3) is 2.71. The second-order valence-electron chi connectivity index (χ2n) is 4.32. The Bertz CT molecular complexity index is 490. The van der Waals surface area contributed by atoms with E-state index in [-0.39, 0.29) is 0 Å². The molecule has 0 bridgehead atoms. The van der Waals surface area contributed by atoms with Crippen LogP contribution < -0.4 is 5.32 Å². The van der Waals surface area contributed by atoms with Crippen molar-refractivity contribution in [2.24, 2.45) is 7.05 Å². The zero-order valence-electron chi connectivity index (χ0n) is 10.5. The lowest BCUT2D eigenvalue weighted by Crippen LogP contribution is -2.20. The third-order valence-corrected chi connectivity index (χ3v) is 3.03. The number of benzene rings is 1. The molecule has 2 aromatic rings. The zero-order valence-corrected chi connectivity index (χ0v) is 10.5. The molecule has 1 atom stereocenters. The summed E-state index contributed by atoms with van der Waals surface area (Å²) in [5.41, 5.74) is 2.64. The van der Waals surface area contributed by atoms with Gasteiger partial charge in [-0.2, -0.15) is 0 Å². The van der Waals surface area contributed by atoms with Gasteiger partial charge in [-0.05, 0) is 25.0 Å². The van der Waals surface area contributed by atoms with E-state index in [1.165, 1.54) is 11.1 Å². The fourth-order valence-electron chi connectivity index (χ4n) is 1.89. The van der Waals surface area contributed by atoms with Crippen molar-refractivity contribution < 1.29 is 0 Å². The smallest absolute Gasteiger partial charge is 0.146 e. The van der Waals surface area contributed by atoms with E-state index in [1.54, 1.807) is 6.33 Å². The van der Waals surface area contributed by atoms with Crippen molar-refractivity contribution in [1.82, 2.24) is 20.1 Å². The fourth-order valence-corrected chi connectivity index (χ4v) is 1.89. The van der Waals surface area contributed by atoms with Gasteiger partial charge in [-0.3, -0.25) is 0 Å². The zero-order chi connectivity index (χ0) is 12.3. The normalized spacial score (nSPS) is 12.6. The minimum atomic E-state index is 0.313. The highest BCUT2D eigenvalue weighted by Crippen LogP contribution is 2.16. The summed E-state index contributed by atoms with van der Waals surface area (Å²) in [6, 6.07) is 8.74. The minimum Gasteiger partial charge on any atom is -0.320 e. The van der Waals surface area contributed by atoms with E-state index >= 15 is 0 Å². The molecule has 0 radical (unpaired) electrons. The predicted octanol–water partition coefficient (Wildman–Crippen LogP) is 1.97. The van der Waals surface area contributed by atoms with Crippen molar-refractivity contribution in [3.8, 4) is 0 Å². The highest BCUT2D eigenvalue weighted by Gasteiger charge is 2.08. The summed E-state index contributed by atoms with van der Waals surface area (Å²) in [5, 5.41) is 11.4. The maximum absolute atomic E-state index is 4.05. The lowest BCUT2D eigenvalue weighted by molar-refractivity contribution is 0.546. The summed E-state index contributed by atoms with van der Waals surface area (Å²) in [6.07, 6.45) is 1.72. The summed E-state index contributed by atoms with van der Waals surface area (Å²) in [4.78, 5) is 0. The number of hydrogen-bond donors (Lipinski definition) is 1. The van der Waals surface area contributed by atoms with Crippen LogP contribution in [0.15, 0.2) is 30.6 Å². The molecule has 1 heterocycles. The fraction of sp³-hybridized carbons (Fsp3) is 0.385. The number of hydrogen-bond acceptors (Lipinski definition) is 3. The molecule has 0 aliphatic heterocycles. The van der Waals surface area contributed by atoms with Gasteiger partial charge in [-0.15, -0.1) is 10.2 Å². The van der Waals surface area contributed by atoms with Gasteiger partial charge in [0.15, 0.2) is 0 Å². The molecule has 4 nitrogen and oxygen atoms in total. The number of aryl methyl sites for hydroxylation is 2. The van der Waals surface area contributed by atoms with E-state index in [2.05, 4.69) is 53.6 Å². The van der Waals surface area contributed by atoms with Gasteiger partial charge >= 0.3 is 0 Å². The first-order valence-corrected chi connectivity index (χ1v) is 5.80. The van der Waals surface area contributed by atoms with Crippen LogP contribution in [-0.2, 0) is 13.6 Å². The molecule has 0 aliphatic rings. The van der Waals surface area contributed by atoms with Crippen molar-refractivity contribution in [3.63, 3.8) is 0 Å². The number of rotatable bonds is 4. The van der Waals surface area contributed by atoms with Gasteiger partial charge < -0.3 is 9.88 Å². The van der Waals surface area contributed by atoms with Crippen molar-refractivity contribution >= 4 is 0 Å². The lowest BCUT2D eigenvalue weighted by atomic mass is 10.0. The summed E-state index contributed by atoms with van der Waals surface area (Å²) < 4.78 is 1.93. The van der Waals surface area contributed by atoms with Crippen LogP contribution in [0.2, 0.25) is 0 Å². The van der Waals surface area contributed by atoms with Gasteiger partial charge in [0.25, 0.3) is 0 Å². The summed E-state index contributed by atoms with van der Waals surface area (Å²) in [6.45, 7) is 5.03. The maximum atomic E-state index is 4.05. The van der Waals surface area contributed by atoms with Gasteiger partial charge in [-0.25, -0.2) is 0 Å². The van der Waals surface area contributed by atoms with E-state index in [9.17, 15) is 0 Å². The number of nitrogens with zero attached hydrogens (tertiary/aromatic N) is 3. The van der Waals surface area contributed by atoms with Crippen LogP contribution in [0, 0.1) is 6.92 Å². The van der Waals surface area contributed by atoms with Gasteiger partial charge in [0.05, 0.1) is 6.54 Å². The van der Waals surface area contributed by atoms with Crippen LogP contribution in [0.1, 0.15) is 29.9 Å². The Hall–Kier alpha value is -1.68. The highest BCUT2D eigenvalue weighted by molar-refractivity contribution is 5.28. The lowest BCUT2D eigenvalue weighted by Gasteiger charge is -2.16. The van der Waals surface area contributed by atoms with Gasteiger partial charge in [0, 0.05) is 13.1 Å². The van der Waals surface area contributed by atoms with Crippen LogP contribution in [0.4, 0.5) is 0 Å². The maximum Gasteiger partial charge on any atom is 0.146 e. The Kier molecular flexibility index (Phi) is 3.54. The van der Waals surface area contributed by atoms with Crippen molar-refractivity contribution in [3.05, 3.63) is 47.5 Å². The van der Waals surface area contributed by atoms with Crippen LogP contribution >= 0.6 is 0 Å². The van der Waals surface area contributed by atoms with E-state index in [0.29, 0.717) is 6.04 Å². The van der Waals surface area contributed by atoms with E-state index < -0.39 is 0 Å². The highest BCUT2D eigenvalue weighted by atomic mass is 15.3. The molecule has 0 amide bonds. The molecule has 2 rings (SSSR count). The number of aromatic nitrogens is 3. The third-order valence-electron chi connectivity index (χ3n) is 3.03. The summed E-state index contributed by atoms with van der Waals surface area (Å²) in [7, 11) is 1.95. The minimum absolute atomic E-state index is 0.313. The first-order chi connectivity index (χ1) is 8.18. The Morgan fingerprint density at radius 3 is 2.76 bits per heavy atom. The Morgan fingerprint density at radius 1 is 1.35 bits per heavy atom. The van der Waals surface area contributed by atoms with Crippen LogP contribution in [0.25, 0.3) is 0 Å². The largest absolute Gasteiger partial charge is 0.320 e. The van der Waals surface area contributed by atoms with Gasteiger partial charge in [0.1, 0.15) is 12.2 Å². The second-order valence-corrected chi connectivity index (χ2v) is 4.32. The molecule has 1 aromatic heterocycles. The standard InChI is InChI=1S/C13H18N4/c1-10-6-4-5-7-12(10)11(2)14-8-13-16-15-9-17(13)3/h4-7,9,11,14H,8H2,1-3H3/t11-/m1/s1. The molecule has 0 spiro atoms. The van der Waals surface area contributed by atoms with E-state index in [4.69, 9.17) is 0 Å². The molecule has 0 fully saturated rings. The van der Waals surface area contributed by atoms with Gasteiger partial charge in [-0.1, -0.05) is 24.3 Å². The molecule has 17 heavy (non-hydrogen) atoms. The summed E-state index contributed by atoms with van der Waals surface area (Å²) >= 11 is 0. The van der Waals surface area contributed by atoms with Crippen molar-refractivity contribution in [2.75, 3.05) is 0 Å². The molecular weight excluding hydrogens is 212 g/mol. The Morgan fingerprint density at radius 2 is 2.12 bits per heavy atom. The van der Waals surface area contributed by atoms with Crippen molar-refractivity contribution in [1.29, 1.82) is 0 Å². The van der Waals surface area contributed by atoms with Gasteiger partial charge in [0.2, 0.25) is 0 Å². The molecule has 4 heteroatoms. The number of nitrogens with one attached hydrogen (secondary N) is 1. The SMILES string of the molecule is Cc1ccccc1[C@@H](C)NCc1nncn1C. The predicted molar refractivity (Wildman–Crippen MR) is 67.4 cm³/mol. The molecule has 90 valence electrons. The first-order valence-electron chi connectivity index (χ1n) is 5.80. The van der Waals surface area contributed by atoms with Crippen molar-refractivity contribution in [2.45, 2.75) is 26.4 Å². The molecule has 0 unspecified atom stereocenters. The molecule has 0 saturated heterocycles. The molecule has 0 saturated carbocycles. The van der Waals surface area contributed by atoms with Crippen LogP contribution in [0.3, 0.4) is 0 Å². The average Bonchev–Trinajstić information content (AvgIpc) is 2.72. The quantitative estimate of drug-likeness (QED) is 0.873. The van der Waals surface area contributed by atoms with Crippen LogP contribution in [-0.4, -0.2) is 14.8 Å². The average molecular weight is 230 g/mol. The first kappa shape index (κ1) is 11.8. The summed E-state index contributed by atoms with van der Waals surface area (Å²) in [5.74, 6) is 0.949. The monoisotopic (exact) mass is 230 g/mol. The molecular formula is C13H18N4. The Labute approximate surface area is 102 Å². The van der Waals surface area contributed by atoms with Crippen LogP contribution in [0.5, 0.6) is 0 Å². The topological polar surface area (TPSA) is 42.7 Å².